The number of para-hydroxylation sites is 2. The van der Waals surface area contributed by atoms with E-state index in [0.29, 0.717) is 11.4 Å². The molecule has 0 amide bonds. The third-order valence-corrected chi connectivity index (χ3v) is 11.8. The number of nitrogens with zero attached hydrogens (tertiary/aromatic N) is 3. The van der Waals surface area contributed by atoms with Crippen molar-refractivity contribution in [1.29, 1.82) is 0 Å². The fraction of sp³-hybridized carbons (Fsp3) is 0.0392. The molecular formula is C51H32N4O3. The normalized spacial score (nSPS) is 17.4. The van der Waals surface area contributed by atoms with Gasteiger partial charge in [0.15, 0.2) is 11.7 Å². The zero-order chi connectivity index (χ0) is 38.4. The predicted molar refractivity (Wildman–Crippen MR) is 229 cm³/mol. The van der Waals surface area contributed by atoms with E-state index in [1.165, 1.54) is 0 Å². The Morgan fingerprint density at radius 2 is 1.16 bits per heavy atom. The Balaban J connectivity index is 1.17. The van der Waals surface area contributed by atoms with Crippen molar-refractivity contribution >= 4 is 33.5 Å². The molecule has 12 rings (SSSR count). The molecule has 3 aliphatic rings. The molecule has 0 fully saturated rings. The fourth-order valence-corrected chi connectivity index (χ4v) is 9.29. The maximum absolute atomic E-state index is 14.6. The lowest BCUT2D eigenvalue weighted by Gasteiger charge is -2.45. The van der Waals surface area contributed by atoms with Crippen LogP contribution < -0.4 is 15.6 Å². The summed E-state index contributed by atoms with van der Waals surface area (Å²) in [4.78, 5) is 24.9. The molecule has 1 spiro atoms. The molecule has 0 saturated heterocycles. The second-order valence-electron chi connectivity index (χ2n) is 14.9. The predicted octanol–water partition coefficient (Wildman–Crippen LogP) is 10.7. The van der Waals surface area contributed by atoms with Crippen LogP contribution in [0.2, 0.25) is 0 Å². The molecule has 274 valence electrons. The van der Waals surface area contributed by atoms with E-state index in [9.17, 15) is 4.79 Å². The summed E-state index contributed by atoms with van der Waals surface area (Å²) in [5, 5.41) is 5.34. The minimum absolute atomic E-state index is 0.193. The molecule has 2 atom stereocenters. The number of ether oxygens (including phenoxy) is 1. The van der Waals surface area contributed by atoms with Crippen molar-refractivity contribution in [2.45, 2.75) is 11.6 Å². The molecule has 5 heterocycles. The summed E-state index contributed by atoms with van der Waals surface area (Å²) in [5.74, 6) is 2.92. The van der Waals surface area contributed by atoms with Gasteiger partial charge >= 0.3 is 0 Å². The first-order valence-corrected chi connectivity index (χ1v) is 19.4. The van der Waals surface area contributed by atoms with Crippen molar-refractivity contribution in [2.24, 2.45) is 9.98 Å². The van der Waals surface area contributed by atoms with Crippen molar-refractivity contribution in [3.05, 3.63) is 231 Å². The Hall–Kier alpha value is -7.77. The van der Waals surface area contributed by atoms with Crippen LogP contribution in [0.15, 0.2) is 201 Å². The molecule has 1 N–H and O–H groups in total. The SMILES string of the molecule is O=c1c2occc2c2cccc3c2n1-c1ccccc1C31c2cc(C3=NC(c4ccccc4)N=C(c4ccccc4)N3)ccc2Oc2ccc(-c3ccccc3)cc21. The number of aromatic nitrogens is 1. The first-order chi connectivity index (χ1) is 28.7. The Bertz CT molecular complexity index is 3260. The molecule has 7 aromatic carbocycles. The van der Waals surface area contributed by atoms with Gasteiger partial charge in [-0.1, -0.05) is 133 Å². The van der Waals surface area contributed by atoms with Crippen LogP contribution >= 0.6 is 0 Å². The highest BCUT2D eigenvalue weighted by atomic mass is 16.5. The van der Waals surface area contributed by atoms with Crippen LogP contribution in [0.4, 0.5) is 0 Å². The molecule has 2 unspecified atom stereocenters. The summed E-state index contributed by atoms with van der Waals surface area (Å²) in [6, 6.07) is 60.1. The van der Waals surface area contributed by atoms with E-state index in [1.807, 2.05) is 65.2 Å². The Labute approximate surface area is 332 Å². The molecule has 0 radical (unpaired) electrons. The Morgan fingerprint density at radius 1 is 0.534 bits per heavy atom. The minimum atomic E-state index is -0.923. The van der Waals surface area contributed by atoms with E-state index >= 15 is 0 Å². The van der Waals surface area contributed by atoms with E-state index in [0.717, 1.165) is 89.4 Å². The van der Waals surface area contributed by atoms with Crippen molar-refractivity contribution < 1.29 is 9.15 Å². The van der Waals surface area contributed by atoms with Crippen molar-refractivity contribution in [3.8, 4) is 28.3 Å². The highest BCUT2D eigenvalue weighted by Gasteiger charge is 2.50. The topological polar surface area (TPSA) is 81.1 Å². The van der Waals surface area contributed by atoms with E-state index in [2.05, 4.69) is 121 Å². The molecule has 3 aliphatic heterocycles. The average molecular weight is 749 g/mol. The zero-order valence-electron chi connectivity index (χ0n) is 31.0. The second-order valence-corrected chi connectivity index (χ2v) is 14.9. The third-order valence-electron chi connectivity index (χ3n) is 11.8. The number of benzene rings is 7. The molecule has 0 saturated carbocycles. The molecule has 0 aliphatic carbocycles. The molecule has 9 aromatic rings. The summed E-state index contributed by atoms with van der Waals surface area (Å²) in [7, 11) is 0. The van der Waals surface area contributed by atoms with Gasteiger partial charge in [0.05, 0.1) is 22.9 Å². The van der Waals surface area contributed by atoms with Gasteiger partial charge in [-0.25, -0.2) is 9.98 Å². The van der Waals surface area contributed by atoms with Gasteiger partial charge in [0.1, 0.15) is 23.2 Å². The van der Waals surface area contributed by atoms with Crippen molar-refractivity contribution in [3.63, 3.8) is 0 Å². The van der Waals surface area contributed by atoms with Gasteiger partial charge in [-0.15, -0.1) is 0 Å². The smallest absolute Gasteiger partial charge is 0.299 e. The number of nitrogens with one attached hydrogen (secondary N) is 1. The molecule has 58 heavy (non-hydrogen) atoms. The highest BCUT2D eigenvalue weighted by Crippen LogP contribution is 2.60. The lowest BCUT2D eigenvalue weighted by atomic mass is 9.61. The van der Waals surface area contributed by atoms with Crippen LogP contribution in [0.5, 0.6) is 11.5 Å². The zero-order valence-corrected chi connectivity index (χ0v) is 31.0. The number of furan rings is 1. The molecule has 7 nitrogen and oxygen atoms in total. The maximum atomic E-state index is 14.6. The van der Waals surface area contributed by atoms with Crippen LogP contribution in [-0.4, -0.2) is 16.2 Å². The van der Waals surface area contributed by atoms with Crippen molar-refractivity contribution in [1.82, 2.24) is 9.88 Å². The summed E-state index contributed by atoms with van der Waals surface area (Å²) >= 11 is 0. The van der Waals surface area contributed by atoms with Gasteiger partial charge in [-0.2, -0.15) is 0 Å². The Kier molecular flexibility index (Phi) is 6.92. The maximum Gasteiger partial charge on any atom is 0.299 e. The number of rotatable bonds is 4. The molecular weight excluding hydrogens is 717 g/mol. The monoisotopic (exact) mass is 748 g/mol. The van der Waals surface area contributed by atoms with E-state index in [-0.39, 0.29) is 5.56 Å². The minimum Gasteiger partial charge on any atom is -0.458 e. The quantitative estimate of drug-likeness (QED) is 0.194. The molecule has 2 aromatic heterocycles. The van der Waals surface area contributed by atoms with Gasteiger partial charge in [-0.05, 0) is 70.3 Å². The second kappa shape index (κ2) is 12.4. The van der Waals surface area contributed by atoms with Crippen molar-refractivity contribution in [2.75, 3.05) is 0 Å². The lowest BCUT2D eigenvalue weighted by molar-refractivity contribution is 0.433. The van der Waals surface area contributed by atoms with Gasteiger partial charge in [-0.3, -0.25) is 9.36 Å². The summed E-state index contributed by atoms with van der Waals surface area (Å²) < 4.78 is 14.6. The third kappa shape index (κ3) is 4.58. The van der Waals surface area contributed by atoms with Crippen LogP contribution in [0, 0.1) is 0 Å². The van der Waals surface area contributed by atoms with Gasteiger partial charge in [0.2, 0.25) is 0 Å². The largest absolute Gasteiger partial charge is 0.458 e. The van der Waals surface area contributed by atoms with E-state index in [1.54, 1.807) is 6.26 Å². The number of hydrogen-bond donors (Lipinski definition) is 1. The van der Waals surface area contributed by atoms with Crippen LogP contribution in [-0.2, 0) is 5.41 Å². The molecule has 0 bridgehead atoms. The Morgan fingerprint density at radius 3 is 1.91 bits per heavy atom. The number of amidine groups is 2. The number of hydrogen-bond acceptors (Lipinski definition) is 6. The van der Waals surface area contributed by atoms with Gasteiger partial charge < -0.3 is 14.5 Å². The number of aliphatic imine (C=N–C) groups is 2. The fourth-order valence-electron chi connectivity index (χ4n) is 9.29. The number of fused-ring (bicyclic) bond motifs is 10. The van der Waals surface area contributed by atoms with Crippen LogP contribution in [0.25, 0.3) is 38.7 Å². The van der Waals surface area contributed by atoms with Gasteiger partial charge in [0.25, 0.3) is 5.56 Å². The first-order valence-electron chi connectivity index (χ1n) is 19.4. The van der Waals surface area contributed by atoms with Crippen LogP contribution in [0.1, 0.15) is 45.1 Å². The first kappa shape index (κ1) is 32.5. The standard InChI is InChI=1S/C51H32N4O3/c56-50-46-37(27-28-57-46)36-19-12-21-39-45(36)55(50)42-22-11-10-20-38(42)51(39)40-29-34(31-13-4-1-5-14-31)23-25-43(40)58-44-26-24-35(30-41(44)51)49-53-47(32-15-6-2-7-16-32)52-48(54-49)33-17-8-3-9-18-33/h1-30,47H,(H,52,53,54). The summed E-state index contributed by atoms with van der Waals surface area (Å²) in [6.45, 7) is 0. The average Bonchev–Trinajstić information content (AvgIpc) is 3.80. The lowest BCUT2D eigenvalue weighted by Crippen LogP contribution is -2.41. The van der Waals surface area contributed by atoms with E-state index in [4.69, 9.17) is 19.1 Å². The van der Waals surface area contributed by atoms with Crippen LogP contribution in [0.3, 0.4) is 0 Å². The van der Waals surface area contributed by atoms with Gasteiger partial charge in [0, 0.05) is 33.0 Å². The van der Waals surface area contributed by atoms with E-state index < -0.39 is 11.6 Å². The highest BCUT2D eigenvalue weighted by molar-refractivity contribution is 6.16. The number of pyridine rings is 1. The summed E-state index contributed by atoms with van der Waals surface area (Å²) in [6.07, 6.45) is 1.15. The molecule has 7 heteroatoms. The summed E-state index contributed by atoms with van der Waals surface area (Å²) in [5.41, 5.74) is 9.72.